The normalized spacial score (nSPS) is 12.4. The van der Waals surface area contributed by atoms with Crippen molar-refractivity contribution in [2.45, 2.75) is 37.2 Å². The monoisotopic (exact) mass is 347 g/mol. The molecule has 0 saturated heterocycles. The predicted molar refractivity (Wildman–Crippen MR) is 78.2 cm³/mol. The fourth-order valence-electron chi connectivity index (χ4n) is 1.57. The van der Waals surface area contributed by atoms with Crippen LogP contribution < -0.4 is 8.93 Å². The number of hydrogen-bond donors (Lipinski definition) is 1. The van der Waals surface area contributed by atoms with Crippen LogP contribution in [0, 0.1) is 0 Å². The topological polar surface area (TPSA) is 12.0 Å². The van der Waals surface area contributed by atoms with Gasteiger partial charge < -0.3 is 0 Å². The Kier molecular flexibility index (Phi) is 7.60. The van der Waals surface area contributed by atoms with Crippen molar-refractivity contribution in [3.8, 4) is 0 Å². The van der Waals surface area contributed by atoms with Crippen molar-refractivity contribution in [2.24, 2.45) is 0 Å². The minimum atomic E-state index is 0.0631. The Morgan fingerprint density at radius 3 is 2.65 bits per heavy atom. The summed E-state index contributed by atoms with van der Waals surface area (Å²) >= 11 is 0.0631. The van der Waals surface area contributed by atoms with Crippen molar-refractivity contribution in [1.82, 2.24) is 5.32 Å². The zero-order valence-corrected chi connectivity index (χ0v) is 13.2. The third-order valence-electron chi connectivity index (χ3n) is 2.72. The van der Waals surface area contributed by atoms with Crippen molar-refractivity contribution in [3.63, 3.8) is 0 Å². The third-order valence-corrected chi connectivity index (χ3v) is 5.85. The van der Waals surface area contributed by atoms with Crippen LogP contribution >= 0.6 is 0 Å². The molecule has 17 heavy (non-hydrogen) atoms. The van der Waals surface area contributed by atoms with E-state index in [1.165, 1.54) is 22.9 Å². The summed E-state index contributed by atoms with van der Waals surface area (Å²) in [5, 5.41) is 3.41. The first-order chi connectivity index (χ1) is 8.27. The summed E-state index contributed by atoms with van der Waals surface area (Å²) in [5.74, 6) is 0. The Hall–Kier alpha value is -0.290. The first-order valence-electron chi connectivity index (χ1n) is 6.35. The average Bonchev–Trinajstić information content (AvgIpc) is 2.37. The van der Waals surface area contributed by atoms with E-state index < -0.39 is 0 Å². The second-order valence-corrected chi connectivity index (χ2v) is 7.52. The third kappa shape index (κ3) is 5.73. The molecule has 0 aromatic heterocycles. The predicted octanol–water partition coefficient (Wildman–Crippen LogP) is 3.07. The molecule has 1 rings (SSSR count). The zero-order valence-electron chi connectivity index (χ0n) is 10.9. The second kappa shape index (κ2) is 8.75. The Labute approximate surface area is 116 Å². The van der Waals surface area contributed by atoms with Gasteiger partial charge in [-0.1, -0.05) is 0 Å². The average molecular weight is 345 g/mol. The number of nitrogens with one attached hydrogen (secondary N) is 1. The van der Waals surface area contributed by atoms with Gasteiger partial charge in [-0.15, -0.1) is 0 Å². The van der Waals surface area contributed by atoms with Gasteiger partial charge in [-0.25, -0.2) is 0 Å². The molecule has 2 heteroatoms. The molecule has 1 aromatic rings. The van der Waals surface area contributed by atoms with Crippen LogP contribution in [0.3, 0.4) is 0 Å². The van der Waals surface area contributed by atoms with Crippen LogP contribution in [-0.4, -0.2) is 27.5 Å². The molecule has 1 aromatic carbocycles. The van der Waals surface area contributed by atoms with Gasteiger partial charge in [-0.3, -0.25) is 0 Å². The van der Waals surface area contributed by atoms with Gasteiger partial charge in [-0.2, -0.15) is 0 Å². The fourth-order valence-corrected chi connectivity index (χ4v) is 4.41. The summed E-state index contributed by atoms with van der Waals surface area (Å²) in [6, 6.07) is 9.59. The number of hydrogen-bond acceptors (Lipinski definition) is 1. The first-order valence-corrected chi connectivity index (χ1v) is 9.16. The molecule has 94 valence electrons. The molecule has 0 spiro atoms. The van der Waals surface area contributed by atoms with Crippen LogP contribution in [-0.2, 0) is 0 Å². The molecule has 1 unspecified atom stereocenters. The Morgan fingerprint density at radius 2 is 2.06 bits per heavy atom. The Balaban J connectivity index is 2.46. The van der Waals surface area contributed by atoms with Crippen LogP contribution in [0.25, 0.3) is 0 Å². The van der Waals surface area contributed by atoms with Crippen LogP contribution in [0.1, 0.15) is 38.3 Å². The van der Waals surface area contributed by atoms with Gasteiger partial charge in [0.2, 0.25) is 0 Å². The summed E-state index contributed by atoms with van der Waals surface area (Å²) in [7, 11) is 0. The van der Waals surface area contributed by atoms with Crippen molar-refractivity contribution in [2.75, 3.05) is 6.54 Å². The van der Waals surface area contributed by atoms with Gasteiger partial charge in [0.15, 0.2) is 0 Å². The quantitative estimate of drug-likeness (QED) is 0.434. The van der Waals surface area contributed by atoms with E-state index in [-0.39, 0.29) is 20.9 Å². The number of benzene rings is 1. The van der Waals surface area contributed by atoms with Gasteiger partial charge in [0.25, 0.3) is 0 Å². The van der Waals surface area contributed by atoms with E-state index in [4.69, 9.17) is 0 Å². The SMILES string of the molecule is C=CCNC(C)c1ccc([Te]CCCC)cc1. The Morgan fingerprint density at radius 1 is 1.35 bits per heavy atom. The summed E-state index contributed by atoms with van der Waals surface area (Å²) in [5.41, 5.74) is 1.37. The molecule has 0 aliphatic carbocycles. The minimum absolute atomic E-state index is 0.0631. The summed E-state index contributed by atoms with van der Waals surface area (Å²) in [4.78, 5) is 0. The molecule has 0 heterocycles. The number of rotatable bonds is 8. The van der Waals surface area contributed by atoms with E-state index in [0.29, 0.717) is 6.04 Å². The van der Waals surface area contributed by atoms with Gasteiger partial charge >= 0.3 is 116 Å². The van der Waals surface area contributed by atoms with Crippen molar-refractivity contribution >= 4 is 24.5 Å². The molecular weight excluding hydrogens is 322 g/mol. The van der Waals surface area contributed by atoms with Gasteiger partial charge in [0.1, 0.15) is 0 Å². The molecule has 0 amide bonds. The van der Waals surface area contributed by atoms with Crippen molar-refractivity contribution < 1.29 is 0 Å². The van der Waals surface area contributed by atoms with Crippen LogP contribution in [0.2, 0.25) is 4.47 Å². The van der Waals surface area contributed by atoms with E-state index in [0.717, 1.165) is 6.54 Å². The second-order valence-electron chi connectivity index (χ2n) is 4.19. The van der Waals surface area contributed by atoms with Crippen molar-refractivity contribution in [1.29, 1.82) is 0 Å². The molecule has 0 radical (unpaired) electrons. The van der Waals surface area contributed by atoms with E-state index in [2.05, 4.69) is 50.0 Å². The molecule has 0 aliphatic rings. The summed E-state index contributed by atoms with van der Waals surface area (Å²) in [6.07, 6.45) is 4.62. The Bertz CT molecular complexity index is 318. The molecule has 0 saturated carbocycles. The molecular formula is C15H23NTe. The molecule has 0 fully saturated rings. The van der Waals surface area contributed by atoms with Crippen LogP contribution in [0.15, 0.2) is 36.9 Å². The van der Waals surface area contributed by atoms with Gasteiger partial charge in [-0.05, 0) is 0 Å². The van der Waals surface area contributed by atoms with E-state index in [9.17, 15) is 0 Å². The molecule has 0 bridgehead atoms. The van der Waals surface area contributed by atoms with E-state index in [1.54, 1.807) is 3.61 Å². The standard InChI is InChI=1S/C15H23NTe/c1-4-6-12-17-15-9-7-14(8-10-15)13(3)16-11-5-2/h5,7-10,13,16H,2,4,6,11-12H2,1,3H3. The number of unbranched alkanes of at least 4 members (excludes halogenated alkanes) is 1. The maximum absolute atomic E-state index is 3.72. The molecule has 0 aliphatic heterocycles. The van der Waals surface area contributed by atoms with E-state index in [1.807, 2.05) is 6.08 Å². The van der Waals surface area contributed by atoms with Gasteiger partial charge in [0.05, 0.1) is 0 Å². The summed E-state index contributed by atoms with van der Waals surface area (Å²) in [6.45, 7) is 9.06. The molecule has 1 N–H and O–H groups in total. The zero-order chi connectivity index (χ0) is 12.5. The molecule has 1 nitrogen and oxygen atoms in total. The molecule has 1 atom stereocenters. The van der Waals surface area contributed by atoms with Gasteiger partial charge in [0, 0.05) is 0 Å². The van der Waals surface area contributed by atoms with Crippen molar-refractivity contribution in [3.05, 3.63) is 42.5 Å². The van der Waals surface area contributed by atoms with E-state index >= 15 is 0 Å². The first kappa shape index (κ1) is 14.8. The van der Waals surface area contributed by atoms with Crippen LogP contribution in [0.5, 0.6) is 0 Å². The fraction of sp³-hybridized carbons (Fsp3) is 0.467. The van der Waals surface area contributed by atoms with Crippen LogP contribution in [0.4, 0.5) is 0 Å². The maximum atomic E-state index is 3.72. The summed E-state index contributed by atoms with van der Waals surface area (Å²) < 4.78 is 3.02.